The minimum absolute atomic E-state index is 0.127. The molecule has 0 bridgehead atoms. The molecule has 1 fully saturated rings. The van der Waals surface area contributed by atoms with Crippen LogP contribution in [0.25, 0.3) is 0 Å². The van der Waals surface area contributed by atoms with Crippen LogP contribution < -0.4 is 5.56 Å². The molecule has 0 radical (unpaired) electrons. The Bertz CT molecular complexity index is 613. The van der Waals surface area contributed by atoms with Crippen molar-refractivity contribution >= 4 is 11.6 Å². The fourth-order valence-electron chi connectivity index (χ4n) is 2.22. The molecule has 1 amide bonds. The van der Waals surface area contributed by atoms with Gasteiger partial charge in [-0.25, -0.2) is 0 Å². The Labute approximate surface area is 119 Å². The van der Waals surface area contributed by atoms with E-state index in [1.807, 2.05) is 0 Å². The summed E-state index contributed by atoms with van der Waals surface area (Å²) in [7, 11) is 0. The van der Waals surface area contributed by atoms with Gasteiger partial charge in [-0.1, -0.05) is 0 Å². The monoisotopic (exact) mass is 297 g/mol. The summed E-state index contributed by atoms with van der Waals surface area (Å²) in [5, 5.41) is 19.8. The zero-order valence-corrected chi connectivity index (χ0v) is 11.3. The van der Waals surface area contributed by atoms with E-state index >= 15 is 0 Å². The van der Waals surface area contributed by atoms with Crippen LogP contribution in [0.3, 0.4) is 0 Å². The van der Waals surface area contributed by atoms with Crippen molar-refractivity contribution in [3.05, 3.63) is 38.3 Å². The van der Waals surface area contributed by atoms with Crippen molar-refractivity contribution in [1.82, 2.24) is 9.88 Å². The Morgan fingerprint density at radius 2 is 2.33 bits per heavy atom. The highest BCUT2D eigenvalue weighted by Crippen LogP contribution is 2.15. The third kappa shape index (κ3) is 3.26. The van der Waals surface area contributed by atoms with Crippen molar-refractivity contribution < 1.29 is 19.6 Å². The van der Waals surface area contributed by atoms with Gasteiger partial charge in [-0.2, -0.15) is 0 Å². The van der Waals surface area contributed by atoms with E-state index in [0.29, 0.717) is 0 Å². The number of aromatic nitrogens is 1. The summed E-state index contributed by atoms with van der Waals surface area (Å²) in [6, 6.07) is 0.954. The molecular weight excluding hydrogens is 282 g/mol. The van der Waals surface area contributed by atoms with Crippen LogP contribution in [0.1, 0.15) is 17.3 Å². The average molecular weight is 297 g/mol. The Balaban J connectivity index is 2.29. The maximum Gasteiger partial charge on any atom is 0.286 e. The lowest BCUT2D eigenvalue weighted by molar-refractivity contribution is -0.385. The zero-order chi connectivity index (χ0) is 15.6. The molecule has 1 aliphatic heterocycles. The van der Waals surface area contributed by atoms with Crippen molar-refractivity contribution in [2.24, 2.45) is 0 Å². The highest BCUT2D eigenvalue weighted by atomic mass is 16.6. The number of nitrogens with one attached hydrogen (secondary N) is 1. The van der Waals surface area contributed by atoms with Crippen molar-refractivity contribution in [3.63, 3.8) is 0 Å². The van der Waals surface area contributed by atoms with E-state index in [0.717, 1.165) is 12.3 Å². The number of ether oxygens (including phenoxy) is 1. The lowest BCUT2D eigenvalue weighted by Crippen LogP contribution is -2.51. The molecule has 1 aromatic heterocycles. The molecule has 2 N–H and O–H groups in total. The van der Waals surface area contributed by atoms with E-state index in [1.165, 1.54) is 4.90 Å². The van der Waals surface area contributed by atoms with Gasteiger partial charge in [-0.05, 0) is 6.92 Å². The maximum absolute atomic E-state index is 12.3. The maximum atomic E-state index is 12.3. The van der Waals surface area contributed by atoms with Crippen LogP contribution in [0.4, 0.5) is 5.69 Å². The number of morpholine rings is 1. The quantitative estimate of drug-likeness (QED) is 0.572. The fourth-order valence-corrected chi connectivity index (χ4v) is 2.22. The second kappa shape index (κ2) is 6.02. The first-order valence-corrected chi connectivity index (χ1v) is 6.35. The Kier molecular flexibility index (Phi) is 4.34. The SMILES string of the molecule is CC1CN(C(=O)c2cc([N+](=O)[O-])c[nH]c2=O)CC(CO)O1. The van der Waals surface area contributed by atoms with Crippen LogP contribution in [0, 0.1) is 10.1 Å². The average Bonchev–Trinajstić information content (AvgIpc) is 2.46. The van der Waals surface area contributed by atoms with Gasteiger partial charge in [0, 0.05) is 19.2 Å². The summed E-state index contributed by atoms with van der Waals surface area (Å²) in [5.41, 5.74) is -1.35. The molecule has 0 aliphatic carbocycles. The largest absolute Gasteiger partial charge is 0.394 e. The van der Waals surface area contributed by atoms with Gasteiger partial charge < -0.3 is 19.7 Å². The van der Waals surface area contributed by atoms with Crippen LogP contribution in [0.5, 0.6) is 0 Å². The molecular formula is C12H15N3O6. The minimum Gasteiger partial charge on any atom is -0.394 e. The Morgan fingerprint density at radius 1 is 1.62 bits per heavy atom. The number of hydrogen-bond donors (Lipinski definition) is 2. The summed E-state index contributed by atoms with van der Waals surface area (Å²) in [6.07, 6.45) is 0.116. The molecule has 0 aromatic carbocycles. The van der Waals surface area contributed by atoms with Gasteiger partial charge in [0.05, 0.1) is 29.9 Å². The molecule has 0 spiro atoms. The number of nitro groups is 1. The van der Waals surface area contributed by atoms with Gasteiger partial charge in [-0.15, -0.1) is 0 Å². The molecule has 114 valence electrons. The van der Waals surface area contributed by atoms with Gasteiger partial charge in [0.1, 0.15) is 5.56 Å². The van der Waals surface area contributed by atoms with E-state index in [4.69, 9.17) is 9.84 Å². The number of H-pyrrole nitrogens is 1. The van der Waals surface area contributed by atoms with Gasteiger partial charge in [0.15, 0.2) is 0 Å². The van der Waals surface area contributed by atoms with Crippen LogP contribution in [0.2, 0.25) is 0 Å². The number of carbonyl (C=O) groups is 1. The third-order valence-electron chi connectivity index (χ3n) is 3.15. The molecule has 0 saturated carbocycles. The number of pyridine rings is 1. The standard InChI is InChI=1S/C12H15N3O6/c1-7-4-14(5-9(6-16)21-7)12(18)10-2-8(15(19)20)3-13-11(10)17/h2-3,7,9,16H,4-6H2,1H3,(H,13,17). The number of aliphatic hydroxyl groups is 1. The lowest BCUT2D eigenvalue weighted by atomic mass is 10.1. The highest BCUT2D eigenvalue weighted by Gasteiger charge is 2.30. The molecule has 2 unspecified atom stereocenters. The molecule has 1 aliphatic rings. The molecule has 21 heavy (non-hydrogen) atoms. The van der Waals surface area contributed by atoms with E-state index in [1.54, 1.807) is 6.92 Å². The summed E-state index contributed by atoms with van der Waals surface area (Å²) in [6.45, 7) is 1.86. The van der Waals surface area contributed by atoms with E-state index in [9.17, 15) is 19.7 Å². The molecule has 9 heteroatoms. The highest BCUT2D eigenvalue weighted by molar-refractivity contribution is 5.94. The normalized spacial score (nSPS) is 22.1. The van der Waals surface area contributed by atoms with Gasteiger partial charge >= 0.3 is 0 Å². The predicted molar refractivity (Wildman–Crippen MR) is 71.0 cm³/mol. The topological polar surface area (TPSA) is 126 Å². The molecule has 2 atom stereocenters. The first-order valence-electron chi connectivity index (χ1n) is 6.35. The number of amides is 1. The molecule has 1 aromatic rings. The summed E-state index contributed by atoms with van der Waals surface area (Å²) >= 11 is 0. The summed E-state index contributed by atoms with van der Waals surface area (Å²) in [4.78, 5) is 37.6. The van der Waals surface area contributed by atoms with Crippen LogP contribution in [-0.4, -0.2) is 57.7 Å². The number of aliphatic hydroxyl groups excluding tert-OH is 1. The minimum atomic E-state index is -0.690. The Morgan fingerprint density at radius 3 is 2.95 bits per heavy atom. The van der Waals surface area contributed by atoms with Crippen molar-refractivity contribution in [3.8, 4) is 0 Å². The zero-order valence-electron chi connectivity index (χ0n) is 11.3. The third-order valence-corrected chi connectivity index (χ3v) is 3.15. The number of carbonyl (C=O) groups excluding carboxylic acids is 1. The van der Waals surface area contributed by atoms with Crippen molar-refractivity contribution in [2.45, 2.75) is 19.1 Å². The first-order chi connectivity index (χ1) is 9.92. The van der Waals surface area contributed by atoms with Gasteiger partial charge in [0.25, 0.3) is 17.2 Å². The summed E-state index contributed by atoms with van der Waals surface area (Å²) in [5.74, 6) is -0.617. The fraction of sp³-hybridized carbons (Fsp3) is 0.500. The molecule has 1 saturated heterocycles. The second-order valence-corrected chi connectivity index (χ2v) is 4.82. The summed E-state index contributed by atoms with van der Waals surface area (Å²) < 4.78 is 5.41. The lowest BCUT2D eigenvalue weighted by Gasteiger charge is -2.35. The van der Waals surface area contributed by atoms with E-state index in [-0.39, 0.29) is 37.1 Å². The number of rotatable bonds is 3. The van der Waals surface area contributed by atoms with E-state index < -0.39 is 22.5 Å². The molecule has 2 heterocycles. The van der Waals surface area contributed by atoms with Crippen molar-refractivity contribution in [1.29, 1.82) is 0 Å². The van der Waals surface area contributed by atoms with Crippen LogP contribution in [0.15, 0.2) is 17.1 Å². The van der Waals surface area contributed by atoms with Crippen molar-refractivity contribution in [2.75, 3.05) is 19.7 Å². The second-order valence-electron chi connectivity index (χ2n) is 4.82. The predicted octanol–water partition coefficient (Wildman–Crippen LogP) is -0.495. The number of aromatic amines is 1. The van der Waals surface area contributed by atoms with Gasteiger partial charge in [-0.3, -0.25) is 19.7 Å². The van der Waals surface area contributed by atoms with Crippen LogP contribution in [-0.2, 0) is 4.74 Å². The first kappa shape index (κ1) is 15.1. The molecule has 2 rings (SSSR count). The van der Waals surface area contributed by atoms with Crippen LogP contribution >= 0.6 is 0 Å². The smallest absolute Gasteiger partial charge is 0.286 e. The molecule has 9 nitrogen and oxygen atoms in total. The Hall–Kier alpha value is -2.26. The van der Waals surface area contributed by atoms with Gasteiger partial charge in [0.2, 0.25) is 0 Å². The number of nitrogens with zero attached hydrogens (tertiary/aromatic N) is 2. The number of hydrogen-bond acceptors (Lipinski definition) is 6. The van der Waals surface area contributed by atoms with E-state index in [2.05, 4.69) is 4.98 Å².